The predicted molar refractivity (Wildman–Crippen MR) is 71.8 cm³/mol. The summed E-state index contributed by atoms with van der Waals surface area (Å²) in [6.07, 6.45) is -0.443. The molecule has 1 unspecified atom stereocenters. The number of carbonyl (C=O) groups is 2. The normalized spacial score (nSPS) is 12.0. The number of rotatable bonds is 14. The molecule has 0 spiro atoms. The van der Waals surface area contributed by atoms with Gasteiger partial charge >= 0.3 is 12.0 Å². The van der Waals surface area contributed by atoms with Crippen LogP contribution in [0.2, 0.25) is 0 Å². The van der Waals surface area contributed by atoms with Crippen molar-refractivity contribution in [3.8, 4) is 0 Å². The van der Waals surface area contributed by atoms with Crippen LogP contribution in [0.3, 0.4) is 0 Å². The molecule has 0 saturated heterocycles. The van der Waals surface area contributed by atoms with Gasteiger partial charge in [0.05, 0.1) is 46.1 Å². The Kier molecular flexibility index (Phi) is 12.6. The molecule has 9 nitrogen and oxygen atoms in total. The number of aliphatic carboxylic acids is 1. The van der Waals surface area contributed by atoms with Gasteiger partial charge in [0.2, 0.25) is 0 Å². The zero-order chi connectivity index (χ0) is 15.9. The summed E-state index contributed by atoms with van der Waals surface area (Å²) in [6, 6.07) is -0.842. The fraction of sp³-hybridized carbons (Fsp3) is 0.833. The van der Waals surface area contributed by atoms with E-state index in [1.54, 1.807) is 6.92 Å². The van der Waals surface area contributed by atoms with Crippen LogP contribution in [0.1, 0.15) is 13.3 Å². The van der Waals surface area contributed by atoms with Crippen LogP contribution in [0.5, 0.6) is 0 Å². The molecule has 0 aliphatic heterocycles. The average Bonchev–Trinajstić information content (AvgIpc) is 2.41. The van der Waals surface area contributed by atoms with Crippen molar-refractivity contribution >= 4 is 12.0 Å². The predicted octanol–water partition coefficient (Wildman–Crippen LogP) is -0.134. The molecule has 123 valence electrons. The van der Waals surface area contributed by atoms with E-state index < -0.39 is 18.3 Å². The first-order valence-electron chi connectivity index (χ1n) is 6.62. The lowest BCUT2D eigenvalue weighted by Gasteiger charge is -2.14. The highest BCUT2D eigenvalue weighted by Gasteiger charge is 2.02. The second-order valence-corrected chi connectivity index (χ2v) is 3.93. The molecule has 0 rings (SSSR count). The molecule has 0 aliphatic rings. The molecule has 0 aromatic heterocycles. The number of carbonyl (C=O) groups excluding carboxylic acids is 1. The van der Waals surface area contributed by atoms with Crippen LogP contribution in [-0.2, 0) is 23.7 Å². The van der Waals surface area contributed by atoms with Crippen molar-refractivity contribution in [2.75, 3.05) is 46.2 Å². The average molecular weight is 307 g/mol. The van der Waals surface area contributed by atoms with Gasteiger partial charge in [-0.2, -0.15) is 0 Å². The van der Waals surface area contributed by atoms with E-state index in [0.717, 1.165) is 0 Å². The Hall–Kier alpha value is -1.42. The van der Waals surface area contributed by atoms with Crippen LogP contribution >= 0.6 is 0 Å². The molecule has 1 atom stereocenters. The third-order valence-corrected chi connectivity index (χ3v) is 2.15. The molecule has 3 N–H and O–H groups in total. The van der Waals surface area contributed by atoms with Crippen molar-refractivity contribution in [1.82, 2.24) is 11.1 Å². The number of ether oxygens (including phenoxy) is 4. The summed E-state index contributed by atoms with van der Waals surface area (Å²) in [5, 5.41) is 10.7. The number of carboxylic acid groups (broad SMARTS) is 1. The van der Waals surface area contributed by atoms with Crippen LogP contribution < -0.4 is 11.1 Å². The summed E-state index contributed by atoms with van der Waals surface area (Å²) in [7, 11) is 0. The van der Waals surface area contributed by atoms with Gasteiger partial charge in [-0.3, -0.25) is 4.79 Å². The van der Waals surface area contributed by atoms with E-state index in [0.29, 0.717) is 26.4 Å². The number of carboxylic acids is 1. The third-order valence-electron chi connectivity index (χ3n) is 2.15. The van der Waals surface area contributed by atoms with E-state index in [2.05, 4.69) is 5.32 Å². The molecule has 0 saturated carbocycles. The molecule has 0 bridgehead atoms. The molecule has 0 heterocycles. The molecular weight excluding hydrogens is 284 g/mol. The Bertz CT molecular complexity index is 289. The Morgan fingerprint density at radius 3 is 2.24 bits per heavy atom. The molecule has 0 aromatic rings. The van der Waals surface area contributed by atoms with Gasteiger partial charge in [0.25, 0.3) is 0 Å². The van der Waals surface area contributed by atoms with E-state index in [-0.39, 0.29) is 26.2 Å². The lowest BCUT2D eigenvalue weighted by Crippen LogP contribution is -2.28. The first-order chi connectivity index (χ1) is 10.0. The maximum Gasteiger partial charge on any atom is 0.333 e. The zero-order valence-electron chi connectivity index (χ0n) is 12.1. The monoisotopic (exact) mass is 307 g/mol. The minimum Gasteiger partial charge on any atom is -0.481 e. The van der Waals surface area contributed by atoms with Crippen LogP contribution in [-0.4, -0.2) is 69.6 Å². The van der Waals surface area contributed by atoms with E-state index in [9.17, 15) is 9.59 Å². The molecule has 0 aromatic carbocycles. The smallest absolute Gasteiger partial charge is 0.333 e. The highest BCUT2D eigenvalue weighted by molar-refractivity contribution is 5.70. The zero-order valence-corrected chi connectivity index (χ0v) is 12.1. The lowest BCUT2D eigenvalue weighted by molar-refractivity contribution is -0.139. The van der Waals surface area contributed by atoms with Gasteiger partial charge in [0.1, 0.15) is 0 Å². The van der Waals surface area contributed by atoms with E-state index >= 15 is 0 Å². The van der Waals surface area contributed by atoms with Crippen molar-refractivity contribution in [3.63, 3.8) is 0 Å². The Balaban J connectivity index is 3.19. The van der Waals surface area contributed by atoms with Crippen molar-refractivity contribution < 1.29 is 33.6 Å². The van der Waals surface area contributed by atoms with Crippen LogP contribution in [0, 0.1) is 0 Å². The fourth-order valence-electron chi connectivity index (χ4n) is 1.19. The topological polar surface area (TPSA) is 127 Å². The van der Waals surface area contributed by atoms with Crippen LogP contribution in [0.25, 0.3) is 0 Å². The largest absolute Gasteiger partial charge is 0.481 e. The van der Waals surface area contributed by atoms with Crippen molar-refractivity contribution in [2.45, 2.75) is 19.6 Å². The van der Waals surface area contributed by atoms with E-state index in [4.69, 9.17) is 29.8 Å². The maximum atomic E-state index is 10.3. The van der Waals surface area contributed by atoms with Gasteiger partial charge in [0.15, 0.2) is 6.29 Å². The number of hydrogen-bond donors (Lipinski definition) is 2. The summed E-state index contributed by atoms with van der Waals surface area (Å²) < 4.78 is 20.8. The lowest BCUT2D eigenvalue weighted by atomic mass is 10.5. The molecule has 0 fully saturated rings. The highest BCUT2D eigenvalue weighted by atomic mass is 16.7. The van der Waals surface area contributed by atoms with Gasteiger partial charge in [-0.05, 0) is 6.92 Å². The molecule has 1 radical (unpaired) electrons. The van der Waals surface area contributed by atoms with Crippen molar-refractivity contribution in [1.29, 1.82) is 0 Å². The molecule has 2 amide bonds. The summed E-state index contributed by atoms with van der Waals surface area (Å²) in [4.78, 5) is 20.5. The van der Waals surface area contributed by atoms with Gasteiger partial charge in [-0.1, -0.05) is 0 Å². The van der Waals surface area contributed by atoms with Crippen molar-refractivity contribution in [2.24, 2.45) is 0 Å². The quantitative estimate of drug-likeness (QED) is 0.338. The fourth-order valence-corrected chi connectivity index (χ4v) is 1.19. The van der Waals surface area contributed by atoms with Gasteiger partial charge in [-0.25, -0.2) is 10.5 Å². The standard InChI is InChI=1S/C12H23N2O7/c1-10(20-5-3-14-12(13)17)21-9-8-19-7-6-18-4-2-11(15)16/h10,13H,2-9H2,1H3,(H,14,17)(H,15,16). The molecule has 0 aliphatic carbocycles. The minimum absolute atomic E-state index is 0.0152. The number of amides is 2. The third kappa shape index (κ3) is 16.5. The van der Waals surface area contributed by atoms with E-state index in [1.165, 1.54) is 0 Å². The summed E-state index contributed by atoms with van der Waals surface area (Å²) in [5.41, 5.74) is 6.61. The van der Waals surface area contributed by atoms with Gasteiger partial charge in [-0.15, -0.1) is 0 Å². The second-order valence-electron chi connectivity index (χ2n) is 3.93. The Morgan fingerprint density at radius 2 is 1.62 bits per heavy atom. The maximum absolute atomic E-state index is 10.3. The summed E-state index contributed by atoms with van der Waals surface area (Å²) in [6.45, 7) is 3.86. The van der Waals surface area contributed by atoms with Crippen molar-refractivity contribution in [3.05, 3.63) is 0 Å². The summed E-state index contributed by atoms with van der Waals surface area (Å²) >= 11 is 0. The van der Waals surface area contributed by atoms with E-state index in [1.807, 2.05) is 0 Å². The molecular formula is C12H23N2O7. The number of urea groups is 1. The number of nitrogens with one attached hydrogen (secondary N) is 2. The molecule has 9 heteroatoms. The molecule has 21 heavy (non-hydrogen) atoms. The SMILES string of the molecule is CC(OCCNC([NH])=O)OCCOCCOCCC(=O)O. The summed E-state index contributed by atoms with van der Waals surface area (Å²) in [5.74, 6) is -0.888. The van der Waals surface area contributed by atoms with Crippen LogP contribution in [0.15, 0.2) is 0 Å². The second kappa shape index (κ2) is 13.6. The minimum atomic E-state index is -0.888. The van der Waals surface area contributed by atoms with Crippen LogP contribution in [0.4, 0.5) is 4.79 Å². The van der Waals surface area contributed by atoms with Gasteiger partial charge in [0, 0.05) is 6.54 Å². The number of hydrogen-bond acceptors (Lipinski definition) is 6. The first kappa shape index (κ1) is 19.6. The highest BCUT2D eigenvalue weighted by Crippen LogP contribution is 1.93. The van der Waals surface area contributed by atoms with Gasteiger partial charge < -0.3 is 29.4 Å². The first-order valence-corrected chi connectivity index (χ1v) is 6.62. The Labute approximate surface area is 123 Å². The Morgan fingerprint density at radius 1 is 1.05 bits per heavy atom.